The van der Waals surface area contributed by atoms with Gasteiger partial charge in [0.25, 0.3) is 0 Å². The Bertz CT molecular complexity index is 953. The number of phenols is 1. The van der Waals surface area contributed by atoms with Crippen molar-refractivity contribution in [3.8, 4) is 16.9 Å². The smallest absolute Gasteiger partial charge is 0.194 e. The van der Waals surface area contributed by atoms with Crippen LogP contribution in [0.5, 0.6) is 5.75 Å². The van der Waals surface area contributed by atoms with Crippen LogP contribution in [0.4, 0.5) is 0 Å². The van der Waals surface area contributed by atoms with Crippen molar-refractivity contribution in [2.75, 3.05) is 0 Å². The third-order valence-corrected chi connectivity index (χ3v) is 4.13. The molecule has 0 aromatic heterocycles. The standard InChI is InChI=1S/C20H12O3/c21-14-8-5-12(6-9-14)13-7-10-17-18(11-13)20(23)16-4-2-1-3-15(16)19(17)22/h1-11,21H. The molecule has 0 aliphatic heterocycles. The Morgan fingerprint density at radius 1 is 0.565 bits per heavy atom. The van der Waals surface area contributed by atoms with E-state index < -0.39 is 0 Å². The van der Waals surface area contributed by atoms with Crippen LogP contribution in [0.3, 0.4) is 0 Å². The molecule has 0 saturated heterocycles. The minimum atomic E-state index is -0.129. The molecule has 23 heavy (non-hydrogen) atoms. The average Bonchev–Trinajstić information content (AvgIpc) is 2.60. The molecule has 3 aromatic rings. The summed E-state index contributed by atoms with van der Waals surface area (Å²) in [4.78, 5) is 25.3. The summed E-state index contributed by atoms with van der Waals surface area (Å²) in [6, 6.07) is 18.9. The Balaban J connectivity index is 1.88. The first-order valence-electron chi connectivity index (χ1n) is 7.27. The normalized spacial score (nSPS) is 12.7. The zero-order chi connectivity index (χ0) is 16.0. The Morgan fingerprint density at radius 3 is 1.74 bits per heavy atom. The van der Waals surface area contributed by atoms with Crippen LogP contribution in [0.1, 0.15) is 31.8 Å². The molecule has 0 radical (unpaired) electrons. The summed E-state index contributed by atoms with van der Waals surface area (Å²) >= 11 is 0. The first-order chi connectivity index (χ1) is 11.1. The van der Waals surface area contributed by atoms with Crippen molar-refractivity contribution in [1.29, 1.82) is 0 Å². The van der Waals surface area contributed by atoms with E-state index in [1.54, 1.807) is 60.7 Å². The maximum Gasteiger partial charge on any atom is 0.194 e. The van der Waals surface area contributed by atoms with Gasteiger partial charge in [0.05, 0.1) is 0 Å². The van der Waals surface area contributed by atoms with Gasteiger partial charge >= 0.3 is 0 Å². The molecule has 0 heterocycles. The van der Waals surface area contributed by atoms with E-state index in [-0.39, 0.29) is 17.3 Å². The molecule has 0 unspecified atom stereocenters. The third-order valence-electron chi connectivity index (χ3n) is 4.13. The number of hydrogen-bond acceptors (Lipinski definition) is 3. The van der Waals surface area contributed by atoms with Crippen molar-refractivity contribution < 1.29 is 14.7 Å². The Kier molecular flexibility index (Phi) is 2.88. The summed E-state index contributed by atoms with van der Waals surface area (Å²) in [5.74, 6) is -0.0600. The number of phenolic OH excluding ortho intramolecular Hbond substituents is 1. The highest BCUT2D eigenvalue weighted by molar-refractivity contribution is 6.28. The number of hydrogen-bond donors (Lipinski definition) is 1. The van der Waals surface area contributed by atoms with Gasteiger partial charge in [-0.3, -0.25) is 9.59 Å². The number of rotatable bonds is 1. The van der Waals surface area contributed by atoms with Gasteiger partial charge in [0.15, 0.2) is 11.6 Å². The number of fused-ring (bicyclic) bond motifs is 2. The average molecular weight is 300 g/mol. The predicted octanol–water partition coefficient (Wildman–Crippen LogP) is 3.83. The fourth-order valence-electron chi connectivity index (χ4n) is 2.93. The fraction of sp³-hybridized carbons (Fsp3) is 0. The Hall–Kier alpha value is -3.20. The maximum atomic E-state index is 12.7. The summed E-state index contributed by atoms with van der Waals surface area (Å²) in [6.07, 6.45) is 0. The van der Waals surface area contributed by atoms with Crippen LogP contribution >= 0.6 is 0 Å². The van der Waals surface area contributed by atoms with Crippen molar-refractivity contribution in [1.82, 2.24) is 0 Å². The van der Waals surface area contributed by atoms with Crippen molar-refractivity contribution in [3.63, 3.8) is 0 Å². The van der Waals surface area contributed by atoms with E-state index in [4.69, 9.17) is 0 Å². The summed E-state index contributed by atoms with van der Waals surface area (Å²) in [6.45, 7) is 0. The van der Waals surface area contributed by atoms with Crippen molar-refractivity contribution in [2.24, 2.45) is 0 Å². The fourth-order valence-corrected chi connectivity index (χ4v) is 2.93. The lowest BCUT2D eigenvalue weighted by Crippen LogP contribution is -2.20. The molecular formula is C20H12O3. The molecule has 1 aliphatic rings. The second kappa shape index (κ2) is 4.92. The number of benzene rings is 3. The van der Waals surface area contributed by atoms with Gasteiger partial charge in [0.2, 0.25) is 0 Å². The van der Waals surface area contributed by atoms with E-state index in [1.807, 2.05) is 6.07 Å². The van der Waals surface area contributed by atoms with Gasteiger partial charge in [0, 0.05) is 22.3 Å². The second-order valence-corrected chi connectivity index (χ2v) is 5.51. The van der Waals surface area contributed by atoms with Gasteiger partial charge in [0.1, 0.15) is 5.75 Å². The predicted molar refractivity (Wildman–Crippen MR) is 86.8 cm³/mol. The lowest BCUT2D eigenvalue weighted by molar-refractivity contribution is 0.0979. The monoisotopic (exact) mass is 300 g/mol. The first-order valence-corrected chi connectivity index (χ1v) is 7.27. The molecule has 0 atom stereocenters. The third kappa shape index (κ3) is 2.06. The topological polar surface area (TPSA) is 54.4 Å². The molecule has 4 rings (SSSR count). The highest BCUT2D eigenvalue weighted by atomic mass is 16.3. The highest BCUT2D eigenvalue weighted by Crippen LogP contribution is 2.31. The van der Waals surface area contributed by atoms with E-state index in [1.165, 1.54) is 0 Å². The number of aromatic hydroxyl groups is 1. The molecular weight excluding hydrogens is 288 g/mol. The van der Waals surface area contributed by atoms with Crippen molar-refractivity contribution in [2.45, 2.75) is 0 Å². The van der Waals surface area contributed by atoms with Crippen LogP contribution in [0.25, 0.3) is 11.1 Å². The van der Waals surface area contributed by atoms with Crippen LogP contribution in [-0.2, 0) is 0 Å². The lowest BCUT2D eigenvalue weighted by atomic mass is 9.83. The Morgan fingerprint density at radius 2 is 1.09 bits per heavy atom. The minimum absolute atomic E-state index is 0.118. The van der Waals surface area contributed by atoms with Gasteiger partial charge in [-0.05, 0) is 35.4 Å². The SMILES string of the molecule is O=C1c2ccccc2C(=O)c2cc(-c3ccc(O)cc3)ccc21. The largest absolute Gasteiger partial charge is 0.508 e. The molecule has 0 bridgehead atoms. The molecule has 0 amide bonds. The van der Waals surface area contributed by atoms with Gasteiger partial charge in [-0.1, -0.05) is 42.5 Å². The minimum Gasteiger partial charge on any atom is -0.508 e. The van der Waals surface area contributed by atoms with E-state index in [2.05, 4.69) is 0 Å². The highest BCUT2D eigenvalue weighted by Gasteiger charge is 2.29. The molecule has 3 nitrogen and oxygen atoms in total. The van der Waals surface area contributed by atoms with E-state index >= 15 is 0 Å². The second-order valence-electron chi connectivity index (χ2n) is 5.51. The molecule has 0 fully saturated rings. The summed E-state index contributed by atoms with van der Waals surface area (Å²) in [5, 5.41) is 9.38. The zero-order valence-electron chi connectivity index (χ0n) is 12.1. The van der Waals surface area contributed by atoms with Crippen LogP contribution in [0.2, 0.25) is 0 Å². The number of carbonyl (C=O) groups is 2. The van der Waals surface area contributed by atoms with Crippen LogP contribution in [0.15, 0.2) is 66.7 Å². The van der Waals surface area contributed by atoms with Crippen LogP contribution in [-0.4, -0.2) is 16.7 Å². The van der Waals surface area contributed by atoms with E-state index in [0.29, 0.717) is 22.3 Å². The molecule has 1 aliphatic carbocycles. The molecule has 0 saturated carbocycles. The summed E-state index contributed by atoms with van der Waals surface area (Å²) in [5.41, 5.74) is 3.50. The number of ketones is 2. The maximum absolute atomic E-state index is 12.7. The molecule has 0 spiro atoms. The van der Waals surface area contributed by atoms with Crippen molar-refractivity contribution in [3.05, 3.63) is 89.0 Å². The van der Waals surface area contributed by atoms with Crippen LogP contribution in [0, 0.1) is 0 Å². The van der Waals surface area contributed by atoms with Crippen LogP contribution < -0.4 is 0 Å². The molecule has 1 N–H and O–H groups in total. The van der Waals surface area contributed by atoms with Gasteiger partial charge in [-0.2, -0.15) is 0 Å². The number of carbonyl (C=O) groups excluding carboxylic acids is 2. The quantitative estimate of drug-likeness (QED) is 0.581. The Labute approximate surface area is 132 Å². The zero-order valence-corrected chi connectivity index (χ0v) is 12.1. The van der Waals surface area contributed by atoms with Crippen molar-refractivity contribution >= 4 is 11.6 Å². The van der Waals surface area contributed by atoms with Gasteiger partial charge in [-0.25, -0.2) is 0 Å². The first kappa shape index (κ1) is 13.5. The molecule has 110 valence electrons. The molecule has 3 aromatic carbocycles. The molecule has 3 heteroatoms. The summed E-state index contributed by atoms with van der Waals surface area (Å²) < 4.78 is 0. The van der Waals surface area contributed by atoms with E-state index in [9.17, 15) is 14.7 Å². The summed E-state index contributed by atoms with van der Waals surface area (Å²) in [7, 11) is 0. The van der Waals surface area contributed by atoms with E-state index in [0.717, 1.165) is 11.1 Å². The van der Waals surface area contributed by atoms with Gasteiger partial charge in [-0.15, -0.1) is 0 Å². The lowest BCUT2D eigenvalue weighted by Gasteiger charge is -2.18. The van der Waals surface area contributed by atoms with Gasteiger partial charge < -0.3 is 5.11 Å².